The third-order valence-corrected chi connectivity index (χ3v) is 5.63. The minimum atomic E-state index is 0.605. The largest absolute Gasteiger partial charge is 0.313 e. The molecule has 2 saturated carbocycles. The van der Waals surface area contributed by atoms with Crippen LogP contribution in [0, 0.1) is 11.3 Å². The van der Waals surface area contributed by atoms with E-state index in [9.17, 15) is 0 Å². The third-order valence-electron chi connectivity index (χ3n) is 5.63. The number of rotatable bonds is 5. The fraction of sp³-hybridized carbons (Fsp3) is 1.00. The first-order valence-corrected chi connectivity index (χ1v) is 8.60. The monoisotopic (exact) mass is 264 g/mol. The zero-order chi connectivity index (χ0) is 13.3. The van der Waals surface area contributed by atoms with Crippen molar-refractivity contribution in [3.05, 3.63) is 0 Å². The molecule has 110 valence electrons. The molecule has 2 nitrogen and oxygen atoms in total. The summed E-state index contributed by atoms with van der Waals surface area (Å²) >= 11 is 0. The van der Waals surface area contributed by atoms with Crippen molar-refractivity contribution >= 4 is 0 Å². The molecule has 0 aromatic carbocycles. The number of hydrogen-bond acceptors (Lipinski definition) is 2. The Hall–Kier alpha value is -0.0800. The molecule has 1 atom stereocenters. The number of hydrogen-bond donors (Lipinski definition) is 1. The Morgan fingerprint density at radius 1 is 1.00 bits per heavy atom. The van der Waals surface area contributed by atoms with Crippen LogP contribution < -0.4 is 5.32 Å². The van der Waals surface area contributed by atoms with E-state index in [1.165, 1.54) is 71.0 Å². The van der Waals surface area contributed by atoms with Crippen LogP contribution in [0.2, 0.25) is 0 Å². The van der Waals surface area contributed by atoms with Crippen LogP contribution in [0.5, 0.6) is 0 Å². The zero-order valence-corrected chi connectivity index (χ0v) is 13.0. The van der Waals surface area contributed by atoms with Crippen LogP contribution >= 0.6 is 0 Å². The first-order chi connectivity index (χ1) is 9.12. The second-order valence-electron chi connectivity index (χ2n) is 8.09. The maximum atomic E-state index is 3.69. The second-order valence-corrected chi connectivity index (χ2v) is 8.09. The molecule has 0 spiro atoms. The van der Waals surface area contributed by atoms with Gasteiger partial charge in [0.05, 0.1) is 0 Å². The molecule has 1 N–H and O–H groups in total. The van der Waals surface area contributed by atoms with Crippen molar-refractivity contribution in [2.24, 2.45) is 11.3 Å². The second kappa shape index (κ2) is 5.73. The average molecular weight is 264 g/mol. The SMILES string of the molecule is CC1(C)CCC(N(CC2CC2)CC2CCCN2)CC1. The molecule has 2 aliphatic carbocycles. The van der Waals surface area contributed by atoms with Crippen molar-refractivity contribution in [3.63, 3.8) is 0 Å². The molecule has 0 radical (unpaired) electrons. The van der Waals surface area contributed by atoms with Crippen LogP contribution in [-0.2, 0) is 0 Å². The summed E-state index contributed by atoms with van der Waals surface area (Å²) in [4.78, 5) is 2.87. The molecule has 3 rings (SSSR count). The normalized spacial score (nSPS) is 32.1. The molecule has 1 unspecified atom stereocenters. The standard InChI is InChI=1S/C17H32N2/c1-17(2)9-7-16(8-10-17)19(12-14-5-6-14)13-15-4-3-11-18-15/h14-16,18H,3-13H2,1-2H3. The van der Waals surface area contributed by atoms with E-state index in [0.29, 0.717) is 5.41 Å². The molecular formula is C17H32N2. The van der Waals surface area contributed by atoms with E-state index in [0.717, 1.165) is 18.0 Å². The lowest BCUT2D eigenvalue weighted by atomic mass is 9.75. The summed E-state index contributed by atoms with van der Waals surface area (Å²) in [6, 6.07) is 1.67. The van der Waals surface area contributed by atoms with Crippen LogP contribution in [-0.4, -0.2) is 36.6 Å². The summed E-state index contributed by atoms with van der Waals surface area (Å²) in [6.45, 7) is 8.87. The summed E-state index contributed by atoms with van der Waals surface area (Å²) in [5.74, 6) is 1.04. The molecule has 0 bridgehead atoms. The Labute approximate surface area is 119 Å². The molecule has 0 aromatic rings. The third kappa shape index (κ3) is 3.95. The Kier molecular flexibility index (Phi) is 4.19. The minimum Gasteiger partial charge on any atom is -0.313 e. The van der Waals surface area contributed by atoms with Gasteiger partial charge in [0.15, 0.2) is 0 Å². The highest BCUT2D eigenvalue weighted by atomic mass is 15.2. The molecule has 2 heteroatoms. The van der Waals surface area contributed by atoms with E-state index in [-0.39, 0.29) is 0 Å². The lowest BCUT2D eigenvalue weighted by molar-refractivity contribution is 0.0956. The molecule has 1 saturated heterocycles. The number of nitrogens with one attached hydrogen (secondary N) is 1. The van der Waals surface area contributed by atoms with Crippen molar-refractivity contribution in [3.8, 4) is 0 Å². The smallest absolute Gasteiger partial charge is 0.0195 e. The van der Waals surface area contributed by atoms with Gasteiger partial charge in [0, 0.05) is 25.2 Å². The van der Waals surface area contributed by atoms with Crippen LogP contribution in [0.4, 0.5) is 0 Å². The fourth-order valence-electron chi connectivity index (χ4n) is 3.95. The molecule has 0 aromatic heterocycles. The molecule has 19 heavy (non-hydrogen) atoms. The summed E-state index contributed by atoms with van der Waals surface area (Å²) in [5.41, 5.74) is 0.605. The van der Waals surface area contributed by atoms with E-state index in [1.54, 1.807) is 0 Å². The highest BCUT2D eigenvalue weighted by molar-refractivity contribution is 4.89. The van der Waals surface area contributed by atoms with Crippen molar-refractivity contribution in [2.45, 2.75) is 77.3 Å². The predicted octanol–water partition coefficient (Wildman–Crippen LogP) is 3.42. The van der Waals surface area contributed by atoms with E-state index in [4.69, 9.17) is 0 Å². The highest BCUT2D eigenvalue weighted by Gasteiger charge is 2.34. The van der Waals surface area contributed by atoms with Gasteiger partial charge in [0.2, 0.25) is 0 Å². The maximum absolute atomic E-state index is 3.69. The summed E-state index contributed by atoms with van der Waals surface area (Å²) in [7, 11) is 0. The predicted molar refractivity (Wildman–Crippen MR) is 81.4 cm³/mol. The summed E-state index contributed by atoms with van der Waals surface area (Å²) < 4.78 is 0. The lowest BCUT2D eigenvalue weighted by Gasteiger charge is -2.41. The molecule has 1 heterocycles. The van der Waals surface area contributed by atoms with Gasteiger partial charge >= 0.3 is 0 Å². The minimum absolute atomic E-state index is 0.605. The van der Waals surface area contributed by atoms with Gasteiger partial charge in [-0.15, -0.1) is 0 Å². The molecule has 1 aliphatic heterocycles. The number of nitrogens with zero attached hydrogens (tertiary/aromatic N) is 1. The first kappa shape index (κ1) is 13.9. The molecule has 3 aliphatic rings. The maximum Gasteiger partial charge on any atom is 0.0195 e. The Morgan fingerprint density at radius 3 is 2.32 bits per heavy atom. The molecule has 0 amide bonds. The quantitative estimate of drug-likeness (QED) is 0.818. The van der Waals surface area contributed by atoms with Crippen LogP contribution in [0.25, 0.3) is 0 Å². The first-order valence-electron chi connectivity index (χ1n) is 8.60. The van der Waals surface area contributed by atoms with Gasteiger partial charge in [-0.05, 0) is 69.2 Å². The van der Waals surface area contributed by atoms with Crippen LogP contribution in [0.15, 0.2) is 0 Å². The van der Waals surface area contributed by atoms with Crippen molar-refractivity contribution in [1.82, 2.24) is 10.2 Å². The van der Waals surface area contributed by atoms with Gasteiger partial charge in [-0.3, -0.25) is 4.90 Å². The van der Waals surface area contributed by atoms with E-state index < -0.39 is 0 Å². The Bertz CT molecular complexity index is 280. The van der Waals surface area contributed by atoms with E-state index >= 15 is 0 Å². The van der Waals surface area contributed by atoms with Crippen molar-refractivity contribution < 1.29 is 0 Å². The van der Waals surface area contributed by atoms with Crippen molar-refractivity contribution in [1.29, 1.82) is 0 Å². The summed E-state index contributed by atoms with van der Waals surface area (Å²) in [6.07, 6.45) is 11.5. The highest BCUT2D eigenvalue weighted by Crippen LogP contribution is 2.38. The van der Waals surface area contributed by atoms with Gasteiger partial charge in [0.25, 0.3) is 0 Å². The van der Waals surface area contributed by atoms with Gasteiger partial charge in [-0.25, -0.2) is 0 Å². The Balaban J connectivity index is 1.54. The fourth-order valence-corrected chi connectivity index (χ4v) is 3.95. The molecule has 3 fully saturated rings. The van der Waals surface area contributed by atoms with Crippen LogP contribution in [0.3, 0.4) is 0 Å². The average Bonchev–Trinajstić information content (AvgIpc) is 3.03. The zero-order valence-electron chi connectivity index (χ0n) is 13.0. The van der Waals surface area contributed by atoms with E-state index in [2.05, 4.69) is 24.1 Å². The van der Waals surface area contributed by atoms with Gasteiger partial charge < -0.3 is 5.32 Å². The summed E-state index contributed by atoms with van der Waals surface area (Å²) in [5, 5.41) is 3.69. The lowest BCUT2D eigenvalue weighted by Crippen LogP contribution is -2.46. The van der Waals surface area contributed by atoms with Crippen LogP contribution in [0.1, 0.15) is 65.2 Å². The van der Waals surface area contributed by atoms with Gasteiger partial charge in [-0.2, -0.15) is 0 Å². The molecular weight excluding hydrogens is 232 g/mol. The Morgan fingerprint density at radius 2 is 1.74 bits per heavy atom. The van der Waals surface area contributed by atoms with Gasteiger partial charge in [0.1, 0.15) is 0 Å². The topological polar surface area (TPSA) is 15.3 Å². The van der Waals surface area contributed by atoms with Gasteiger partial charge in [-0.1, -0.05) is 13.8 Å². The van der Waals surface area contributed by atoms with E-state index in [1.807, 2.05) is 0 Å². The van der Waals surface area contributed by atoms with Crippen molar-refractivity contribution in [2.75, 3.05) is 19.6 Å².